The van der Waals surface area contributed by atoms with E-state index >= 15 is 0 Å². The second-order valence-electron chi connectivity index (χ2n) is 20.5. The Labute approximate surface area is 396 Å². The number of para-hydroxylation sites is 2. The minimum absolute atomic E-state index is 0.0272. The van der Waals surface area contributed by atoms with Crippen LogP contribution in [-0.4, -0.2) is 6.71 Å². The third-order valence-corrected chi connectivity index (χ3v) is 15.6. The van der Waals surface area contributed by atoms with Gasteiger partial charge in [0.05, 0.1) is 0 Å². The van der Waals surface area contributed by atoms with Gasteiger partial charge in [0.1, 0.15) is 11.2 Å². The highest BCUT2D eigenvalue weighted by molar-refractivity contribution is 7.26. The number of hydrogen-bond acceptors (Lipinski definition) is 4. The third kappa shape index (κ3) is 6.17. The van der Waals surface area contributed by atoms with Crippen LogP contribution in [-0.2, 0) is 10.8 Å². The average molecular weight is 881 g/mol. The first-order valence-electron chi connectivity index (χ1n) is 23.5. The van der Waals surface area contributed by atoms with Gasteiger partial charge >= 0.3 is 0 Å². The maximum absolute atomic E-state index is 6.51. The SMILES string of the molecule is CC(C)(C)c1ccc2c(c1)N(c1ccc(-c3cccc4c3oc3ccccc34)cc1)c1cccc3c1B2c1ccc(C(C)(C)C)cc1N3c1ccc(-c2cccc3c2sc2ccccc23)cc1. The van der Waals surface area contributed by atoms with Gasteiger partial charge in [-0.1, -0.05) is 169 Å². The Bertz CT molecular complexity index is 3550. The van der Waals surface area contributed by atoms with Gasteiger partial charge in [-0.25, -0.2) is 0 Å². The lowest BCUT2D eigenvalue weighted by molar-refractivity contribution is 0.590. The van der Waals surface area contributed by atoms with Gasteiger partial charge in [-0.15, -0.1) is 11.3 Å². The summed E-state index contributed by atoms with van der Waals surface area (Å²) in [6.45, 7) is 14.0. The highest BCUT2D eigenvalue weighted by atomic mass is 32.1. The van der Waals surface area contributed by atoms with E-state index in [-0.39, 0.29) is 17.5 Å². The molecule has 4 heterocycles. The van der Waals surface area contributed by atoms with E-state index in [2.05, 4.69) is 233 Å². The second kappa shape index (κ2) is 14.6. The van der Waals surface area contributed by atoms with Crippen LogP contribution in [0.4, 0.5) is 34.1 Å². The molecule has 0 aliphatic carbocycles. The molecule has 2 aromatic heterocycles. The first-order valence-corrected chi connectivity index (χ1v) is 24.3. The highest BCUT2D eigenvalue weighted by Crippen LogP contribution is 2.47. The van der Waals surface area contributed by atoms with Crippen molar-refractivity contribution in [3.05, 3.63) is 199 Å². The molecule has 9 aromatic carbocycles. The minimum atomic E-state index is -0.0323. The van der Waals surface area contributed by atoms with Crippen LogP contribution < -0.4 is 26.2 Å². The van der Waals surface area contributed by atoms with E-state index in [9.17, 15) is 0 Å². The molecule has 0 spiro atoms. The zero-order valence-corrected chi connectivity index (χ0v) is 39.5. The summed E-state index contributed by atoms with van der Waals surface area (Å²) in [6, 6.07) is 70.2. The fourth-order valence-electron chi connectivity index (χ4n) is 10.9. The van der Waals surface area contributed by atoms with Crippen molar-refractivity contribution in [2.24, 2.45) is 0 Å². The molecule has 322 valence electrons. The summed E-state index contributed by atoms with van der Waals surface area (Å²) < 4.78 is 9.17. The maximum atomic E-state index is 6.51. The van der Waals surface area contributed by atoms with E-state index in [4.69, 9.17) is 4.42 Å². The minimum Gasteiger partial charge on any atom is -0.455 e. The Morgan fingerprint density at radius 3 is 1.55 bits per heavy atom. The Morgan fingerprint density at radius 1 is 0.433 bits per heavy atom. The number of benzene rings is 9. The molecule has 11 aromatic rings. The van der Waals surface area contributed by atoms with Gasteiger partial charge in [0, 0.05) is 70.6 Å². The standard InChI is InChI=1S/C62H49BN2OS/c1-61(2,3)40-28-34-50-54(36-40)64(42-30-24-38(25-31-42)44-16-11-18-48-46-14-7-9-22-56(46)66-59(44)48)52-20-13-21-53-58(52)63(50)51-35-29-41(62(4,5)6)37-55(51)65(53)43-32-26-39(27-33-43)45-17-12-19-49-47-15-8-10-23-57(47)67-60(45)49/h7-37H,1-6H3. The zero-order chi connectivity index (χ0) is 45.3. The molecular formula is C62H49BN2OS. The molecule has 0 saturated carbocycles. The summed E-state index contributed by atoms with van der Waals surface area (Å²) in [7, 11) is 0. The van der Waals surface area contributed by atoms with Gasteiger partial charge < -0.3 is 14.2 Å². The lowest BCUT2D eigenvalue weighted by Crippen LogP contribution is -2.61. The van der Waals surface area contributed by atoms with Gasteiger partial charge in [-0.05, 0) is 116 Å². The number of nitrogens with zero attached hydrogens (tertiary/aromatic N) is 2. The van der Waals surface area contributed by atoms with Crippen LogP contribution in [0.3, 0.4) is 0 Å². The topological polar surface area (TPSA) is 19.6 Å². The van der Waals surface area contributed by atoms with Crippen molar-refractivity contribution in [1.82, 2.24) is 0 Å². The molecule has 0 radical (unpaired) electrons. The van der Waals surface area contributed by atoms with Gasteiger partial charge in [0.15, 0.2) is 0 Å². The summed E-state index contributed by atoms with van der Waals surface area (Å²) in [5.74, 6) is 0. The van der Waals surface area contributed by atoms with Crippen molar-refractivity contribution in [2.75, 3.05) is 9.80 Å². The summed E-state index contributed by atoms with van der Waals surface area (Å²) >= 11 is 1.89. The molecule has 2 aliphatic rings. The Morgan fingerprint density at radius 2 is 0.940 bits per heavy atom. The lowest BCUT2D eigenvalue weighted by Gasteiger charge is -2.44. The van der Waals surface area contributed by atoms with E-state index < -0.39 is 0 Å². The largest absolute Gasteiger partial charge is 0.455 e. The van der Waals surface area contributed by atoms with Crippen molar-refractivity contribution in [2.45, 2.75) is 52.4 Å². The summed E-state index contributed by atoms with van der Waals surface area (Å²) in [4.78, 5) is 5.06. The number of fused-ring (bicyclic) bond motifs is 10. The van der Waals surface area contributed by atoms with Gasteiger partial charge in [0.25, 0.3) is 6.71 Å². The van der Waals surface area contributed by atoms with Crippen molar-refractivity contribution < 1.29 is 4.42 Å². The van der Waals surface area contributed by atoms with Crippen LogP contribution in [0.25, 0.3) is 64.4 Å². The molecule has 0 atom stereocenters. The van der Waals surface area contributed by atoms with Crippen LogP contribution in [0.1, 0.15) is 52.7 Å². The number of furan rings is 1. The van der Waals surface area contributed by atoms with Crippen molar-refractivity contribution in [3.63, 3.8) is 0 Å². The van der Waals surface area contributed by atoms with Crippen molar-refractivity contribution in [3.8, 4) is 22.3 Å². The van der Waals surface area contributed by atoms with Crippen LogP contribution in [0.2, 0.25) is 0 Å². The van der Waals surface area contributed by atoms with Gasteiger partial charge in [-0.2, -0.15) is 0 Å². The molecule has 0 N–H and O–H groups in total. The predicted octanol–water partition coefficient (Wildman–Crippen LogP) is 16.0. The monoisotopic (exact) mass is 880 g/mol. The fraction of sp³-hybridized carbons (Fsp3) is 0.129. The average Bonchev–Trinajstić information content (AvgIpc) is 3.92. The molecule has 0 unspecified atom stereocenters. The van der Waals surface area contributed by atoms with E-state index in [1.54, 1.807) is 0 Å². The van der Waals surface area contributed by atoms with Crippen molar-refractivity contribution in [1.29, 1.82) is 0 Å². The Balaban J connectivity index is 0.987. The zero-order valence-electron chi connectivity index (χ0n) is 38.7. The maximum Gasteiger partial charge on any atom is 0.252 e. The Hall–Kier alpha value is -7.34. The summed E-state index contributed by atoms with van der Waals surface area (Å²) in [5, 5.41) is 4.93. The van der Waals surface area contributed by atoms with Gasteiger partial charge in [-0.3, -0.25) is 0 Å². The van der Waals surface area contributed by atoms with Crippen LogP contribution in [0.15, 0.2) is 192 Å². The molecule has 13 rings (SSSR count). The number of hydrogen-bond donors (Lipinski definition) is 0. The number of anilines is 6. The van der Waals surface area contributed by atoms with Crippen LogP contribution in [0.5, 0.6) is 0 Å². The second-order valence-corrected chi connectivity index (χ2v) is 21.6. The molecule has 3 nitrogen and oxygen atoms in total. The normalized spacial score (nSPS) is 13.4. The third-order valence-electron chi connectivity index (χ3n) is 14.4. The van der Waals surface area contributed by atoms with Crippen molar-refractivity contribution >= 4 is 111 Å². The highest BCUT2D eigenvalue weighted by Gasteiger charge is 2.44. The molecule has 0 amide bonds. The Kier molecular flexibility index (Phi) is 8.70. The van der Waals surface area contributed by atoms with E-state index in [1.807, 2.05) is 17.4 Å². The fourth-order valence-corrected chi connectivity index (χ4v) is 12.2. The molecule has 0 saturated heterocycles. The number of rotatable bonds is 4. The predicted molar refractivity (Wildman–Crippen MR) is 289 cm³/mol. The molecule has 67 heavy (non-hydrogen) atoms. The van der Waals surface area contributed by atoms with E-state index in [0.717, 1.165) is 44.4 Å². The van der Waals surface area contributed by atoms with E-state index in [1.165, 1.54) is 81.6 Å². The summed E-state index contributed by atoms with van der Waals surface area (Å²) in [5.41, 5.74) is 20.3. The first kappa shape index (κ1) is 40.0. The van der Waals surface area contributed by atoms with Crippen LogP contribution in [0, 0.1) is 0 Å². The molecule has 0 fully saturated rings. The quantitative estimate of drug-likeness (QED) is 0.164. The summed E-state index contributed by atoms with van der Waals surface area (Å²) in [6.07, 6.45) is 0. The molecule has 0 bridgehead atoms. The van der Waals surface area contributed by atoms with Crippen LogP contribution >= 0.6 is 11.3 Å². The first-order chi connectivity index (χ1) is 32.5. The van der Waals surface area contributed by atoms with E-state index in [0.29, 0.717) is 0 Å². The molecule has 5 heteroatoms. The molecule has 2 aliphatic heterocycles. The molecular weight excluding hydrogens is 832 g/mol. The number of thiophene rings is 1. The smallest absolute Gasteiger partial charge is 0.252 e. The van der Waals surface area contributed by atoms with Gasteiger partial charge in [0.2, 0.25) is 0 Å². The lowest BCUT2D eigenvalue weighted by atomic mass is 9.33.